The summed E-state index contributed by atoms with van der Waals surface area (Å²) in [6.45, 7) is 1.20. The molecule has 2 rings (SSSR count). The van der Waals surface area contributed by atoms with Crippen molar-refractivity contribution in [1.29, 1.82) is 0 Å². The Morgan fingerprint density at radius 2 is 1.73 bits per heavy atom. The molecule has 0 saturated carbocycles. The van der Waals surface area contributed by atoms with Gasteiger partial charge in [0.25, 0.3) is 0 Å². The van der Waals surface area contributed by atoms with Gasteiger partial charge in [0, 0.05) is 32.6 Å². The fourth-order valence-corrected chi connectivity index (χ4v) is 2.52. The standard InChI is InChI=1S/C19H24FN3O.2ClH/c1-23(18-11-6-5-10-16(18)20)13-7-12-22-19(24)14-17(21)15-8-3-2-4-9-15;;/h2-6,8-11,17H,7,12-14,21H2,1H3,(H,22,24);2*1H. The molecule has 0 aliphatic heterocycles. The van der Waals surface area contributed by atoms with Gasteiger partial charge in [-0.25, -0.2) is 4.39 Å². The summed E-state index contributed by atoms with van der Waals surface area (Å²) in [5.41, 5.74) is 7.55. The van der Waals surface area contributed by atoms with Gasteiger partial charge in [-0.1, -0.05) is 42.5 Å². The summed E-state index contributed by atoms with van der Waals surface area (Å²) in [4.78, 5) is 13.8. The number of hydrogen-bond donors (Lipinski definition) is 2. The van der Waals surface area contributed by atoms with Gasteiger partial charge in [-0.05, 0) is 24.1 Å². The number of rotatable bonds is 8. The molecule has 0 aliphatic carbocycles. The van der Waals surface area contributed by atoms with E-state index in [1.165, 1.54) is 6.07 Å². The van der Waals surface area contributed by atoms with Crippen LogP contribution in [0.3, 0.4) is 0 Å². The molecule has 0 heterocycles. The molecule has 2 aromatic rings. The lowest BCUT2D eigenvalue weighted by molar-refractivity contribution is -0.121. The van der Waals surface area contributed by atoms with Gasteiger partial charge in [-0.2, -0.15) is 0 Å². The zero-order valence-corrected chi connectivity index (χ0v) is 16.4. The average Bonchev–Trinajstić information content (AvgIpc) is 2.59. The van der Waals surface area contributed by atoms with Crippen molar-refractivity contribution in [3.05, 3.63) is 66.0 Å². The highest BCUT2D eigenvalue weighted by molar-refractivity contribution is 5.85. The van der Waals surface area contributed by atoms with Gasteiger partial charge in [0.2, 0.25) is 5.91 Å². The van der Waals surface area contributed by atoms with E-state index in [0.29, 0.717) is 18.8 Å². The van der Waals surface area contributed by atoms with Crippen molar-refractivity contribution in [3.63, 3.8) is 0 Å². The molecule has 26 heavy (non-hydrogen) atoms. The third kappa shape index (κ3) is 7.60. The number of carbonyl (C=O) groups excluding carboxylic acids is 1. The van der Waals surface area contributed by atoms with Crippen LogP contribution in [0.4, 0.5) is 10.1 Å². The number of nitrogens with one attached hydrogen (secondary N) is 1. The predicted octanol–water partition coefficient (Wildman–Crippen LogP) is 3.70. The molecular weight excluding hydrogens is 376 g/mol. The van der Waals surface area contributed by atoms with Crippen LogP contribution in [0.2, 0.25) is 0 Å². The van der Waals surface area contributed by atoms with Crippen LogP contribution in [0, 0.1) is 5.82 Å². The van der Waals surface area contributed by atoms with Crippen LogP contribution in [0.5, 0.6) is 0 Å². The zero-order valence-electron chi connectivity index (χ0n) is 14.7. The first kappa shape index (κ1) is 24.2. The fraction of sp³-hybridized carbons (Fsp3) is 0.316. The molecule has 0 fully saturated rings. The molecule has 1 unspecified atom stereocenters. The molecule has 2 aromatic carbocycles. The lowest BCUT2D eigenvalue weighted by atomic mass is 10.0. The van der Waals surface area contributed by atoms with E-state index >= 15 is 0 Å². The van der Waals surface area contributed by atoms with E-state index in [1.807, 2.05) is 48.3 Å². The van der Waals surface area contributed by atoms with Crippen LogP contribution < -0.4 is 16.0 Å². The number of para-hydroxylation sites is 1. The lowest BCUT2D eigenvalue weighted by Gasteiger charge is -2.20. The SMILES string of the molecule is CN(CCCNC(=O)CC(N)c1ccccc1)c1ccccc1F.Cl.Cl. The van der Waals surface area contributed by atoms with Crippen LogP contribution in [0.1, 0.15) is 24.4 Å². The third-order valence-electron chi connectivity index (χ3n) is 3.89. The second-order valence-electron chi connectivity index (χ2n) is 5.80. The molecule has 7 heteroatoms. The maximum absolute atomic E-state index is 13.7. The Balaban J connectivity index is 0.00000312. The Morgan fingerprint density at radius 3 is 2.38 bits per heavy atom. The van der Waals surface area contributed by atoms with Gasteiger partial charge in [0.15, 0.2) is 0 Å². The minimum atomic E-state index is -0.299. The molecule has 0 radical (unpaired) electrons. The fourth-order valence-electron chi connectivity index (χ4n) is 2.52. The van der Waals surface area contributed by atoms with Gasteiger partial charge in [-0.3, -0.25) is 4.79 Å². The Morgan fingerprint density at radius 1 is 1.12 bits per heavy atom. The molecule has 0 aromatic heterocycles. The van der Waals surface area contributed by atoms with Crippen molar-refractivity contribution in [3.8, 4) is 0 Å². The summed E-state index contributed by atoms with van der Waals surface area (Å²) in [7, 11) is 1.84. The number of halogens is 3. The third-order valence-corrected chi connectivity index (χ3v) is 3.89. The molecule has 0 spiro atoms. The van der Waals surface area contributed by atoms with Crippen molar-refractivity contribution in [2.75, 3.05) is 25.0 Å². The minimum Gasteiger partial charge on any atom is -0.372 e. The molecule has 1 amide bonds. The Bertz CT molecular complexity index is 658. The van der Waals surface area contributed by atoms with Gasteiger partial charge >= 0.3 is 0 Å². The normalized spacial score (nSPS) is 10.9. The first-order valence-corrected chi connectivity index (χ1v) is 8.11. The second kappa shape index (κ2) is 12.5. The first-order valence-electron chi connectivity index (χ1n) is 8.11. The van der Waals surface area contributed by atoms with Crippen molar-refractivity contribution in [1.82, 2.24) is 5.32 Å². The summed E-state index contributed by atoms with van der Waals surface area (Å²) < 4.78 is 13.7. The largest absolute Gasteiger partial charge is 0.372 e. The first-order chi connectivity index (χ1) is 11.6. The van der Waals surface area contributed by atoms with E-state index in [9.17, 15) is 9.18 Å². The summed E-state index contributed by atoms with van der Waals surface area (Å²) in [5.74, 6) is -0.308. The number of benzene rings is 2. The van der Waals surface area contributed by atoms with Crippen molar-refractivity contribution < 1.29 is 9.18 Å². The van der Waals surface area contributed by atoms with E-state index < -0.39 is 0 Å². The second-order valence-corrected chi connectivity index (χ2v) is 5.80. The monoisotopic (exact) mass is 401 g/mol. The Kier molecular flexibility index (Phi) is 11.6. The number of carbonyl (C=O) groups is 1. The summed E-state index contributed by atoms with van der Waals surface area (Å²) in [6.07, 6.45) is 0.990. The number of hydrogen-bond acceptors (Lipinski definition) is 3. The zero-order chi connectivity index (χ0) is 17.4. The number of amides is 1. The summed E-state index contributed by atoms with van der Waals surface area (Å²) in [5, 5.41) is 2.87. The Hall–Kier alpha value is -1.82. The highest BCUT2D eigenvalue weighted by Gasteiger charge is 2.11. The molecule has 3 N–H and O–H groups in total. The van der Waals surface area contributed by atoms with E-state index in [2.05, 4.69) is 5.32 Å². The quantitative estimate of drug-likeness (QED) is 0.662. The molecule has 0 saturated heterocycles. The predicted molar refractivity (Wildman–Crippen MR) is 110 cm³/mol. The maximum Gasteiger partial charge on any atom is 0.221 e. The van der Waals surface area contributed by atoms with Gasteiger partial charge < -0.3 is 16.0 Å². The summed E-state index contributed by atoms with van der Waals surface area (Å²) in [6, 6.07) is 15.9. The number of nitrogens with two attached hydrogens (primary N) is 1. The van der Waals surface area contributed by atoms with Gasteiger partial charge in [0.1, 0.15) is 5.82 Å². The smallest absolute Gasteiger partial charge is 0.221 e. The molecular formula is C19H26Cl2FN3O. The highest BCUT2D eigenvalue weighted by Crippen LogP contribution is 2.17. The number of anilines is 1. The summed E-state index contributed by atoms with van der Waals surface area (Å²) >= 11 is 0. The van der Waals surface area contributed by atoms with E-state index in [4.69, 9.17) is 5.73 Å². The van der Waals surface area contributed by atoms with Gasteiger partial charge in [0.05, 0.1) is 5.69 Å². The molecule has 4 nitrogen and oxygen atoms in total. The van der Waals surface area contributed by atoms with Crippen LogP contribution in [0.25, 0.3) is 0 Å². The van der Waals surface area contributed by atoms with Crippen LogP contribution in [-0.4, -0.2) is 26.0 Å². The van der Waals surface area contributed by atoms with Crippen LogP contribution in [0.15, 0.2) is 54.6 Å². The molecule has 144 valence electrons. The molecule has 0 bridgehead atoms. The molecule has 0 aliphatic rings. The van der Waals surface area contributed by atoms with Crippen LogP contribution >= 0.6 is 24.8 Å². The topological polar surface area (TPSA) is 58.4 Å². The Labute approximate surface area is 166 Å². The van der Waals surface area contributed by atoms with Gasteiger partial charge in [-0.15, -0.1) is 24.8 Å². The van der Waals surface area contributed by atoms with Crippen molar-refractivity contribution >= 4 is 36.4 Å². The van der Waals surface area contributed by atoms with Crippen molar-refractivity contribution in [2.45, 2.75) is 18.9 Å². The maximum atomic E-state index is 13.7. The average molecular weight is 402 g/mol. The van der Waals surface area contributed by atoms with E-state index in [0.717, 1.165) is 12.0 Å². The van der Waals surface area contributed by atoms with Crippen molar-refractivity contribution in [2.24, 2.45) is 5.73 Å². The van der Waals surface area contributed by atoms with Crippen LogP contribution in [-0.2, 0) is 4.79 Å². The van der Waals surface area contributed by atoms with E-state index in [-0.39, 0.29) is 49.0 Å². The van der Waals surface area contributed by atoms with E-state index in [1.54, 1.807) is 12.1 Å². The highest BCUT2D eigenvalue weighted by atomic mass is 35.5. The molecule has 1 atom stereocenters. The lowest BCUT2D eigenvalue weighted by Crippen LogP contribution is -2.30. The number of nitrogens with zero attached hydrogens (tertiary/aromatic N) is 1. The minimum absolute atomic E-state index is 0.